The lowest BCUT2D eigenvalue weighted by Crippen LogP contribution is -2.52. The highest BCUT2D eigenvalue weighted by Crippen LogP contribution is 2.35. The highest BCUT2D eigenvalue weighted by molar-refractivity contribution is 7.89. The lowest BCUT2D eigenvalue weighted by Gasteiger charge is -2.45. The van der Waals surface area contributed by atoms with Crippen LogP contribution in [0.1, 0.15) is 32.6 Å². The van der Waals surface area contributed by atoms with Gasteiger partial charge in [0.1, 0.15) is 10.7 Å². The lowest BCUT2D eigenvalue weighted by atomic mass is 9.75. The van der Waals surface area contributed by atoms with E-state index in [1.54, 1.807) is 12.1 Å². The molecule has 0 aliphatic heterocycles. The molecule has 6 nitrogen and oxygen atoms in total. The third kappa shape index (κ3) is 4.22. The number of pyridine rings is 1. The molecule has 0 amide bonds. The summed E-state index contributed by atoms with van der Waals surface area (Å²) in [6, 6.07) is 3.30. The Morgan fingerprint density at radius 3 is 2.65 bits per heavy atom. The van der Waals surface area contributed by atoms with Crippen LogP contribution in [-0.4, -0.2) is 51.5 Å². The Bertz CT molecular complexity index is 615. The predicted octanol–water partition coefficient (Wildman–Crippen LogP) is 1.91. The summed E-state index contributed by atoms with van der Waals surface area (Å²) >= 11 is 0. The first-order valence-electron chi connectivity index (χ1n) is 8.10. The van der Waals surface area contributed by atoms with Crippen molar-refractivity contribution < 1.29 is 8.42 Å². The zero-order valence-corrected chi connectivity index (χ0v) is 15.3. The van der Waals surface area contributed by atoms with Gasteiger partial charge in [-0.1, -0.05) is 19.8 Å². The summed E-state index contributed by atoms with van der Waals surface area (Å²) in [6.07, 6.45) is 6.26. The van der Waals surface area contributed by atoms with E-state index < -0.39 is 10.0 Å². The van der Waals surface area contributed by atoms with Gasteiger partial charge in [-0.2, -0.15) is 0 Å². The number of aromatic nitrogens is 1. The van der Waals surface area contributed by atoms with Gasteiger partial charge in [0.15, 0.2) is 0 Å². The summed E-state index contributed by atoms with van der Waals surface area (Å²) in [5, 5.41) is 3.39. The molecule has 1 saturated carbocycles. The topological polar surface area (TPSA) is 74.3 Å². The molecule has 130 valence electrons. The van der Waals surface area contributed by atoms with Crippen molar-refractivity contribution in [3.8, 4) is 0 Å². The number of nitrogens with one attached hydrogen (secondary N) is 2. The third-order valence-corrected chi connectivity index (χ3v) is 6.33. The summed E-state index contributed by atoms with van der Waals surface area (Å²) in [7, 11) is 2.23. The highest BCUT2D eigenvalue weighted by Gasteiger charge is 2.36. The van der Waals surface area contributed by atoms with Crippen molar-refractivity contribution >= 4 is 15.8 Å². The average molecular weight is 340 g/mol. The Labute approximate surface area is 139 Å². The summed E-state index contributed by atoms with van der Waals surface area (Å²) in [6.45, 7) is 3.13. The number of nitrogens with zero attached hydrogens (tertiary/aromatic N) is 2. The Kier molecular flexibility index (Phi) is 5.65. The Balaban J connectivity index is 2.07. The van der Waals surface area contributed by atoms with Crippen LogP contribution in [0.2, 0.25) is 0 Å². The van der Waals surface area contributed by atoms with Gasteiger partial charge in [0.25, 0.3) is 0 Å². The predicted molar refractivity (Wildman–Crippen MR) is 93.0 cm³/mol. The van der Waals surface area contributed by atoms with Gasteiger partial charge in [-0.25, -0.2) is 18.1 Å². The van der Waals surface area contributed by atoms with Gasteiger partial charge in [-0.15, -0.1) is 0 Å². The Morgan fingerprint density at radius 1 is 1.39 bits per heavy atom. The lowest BCUT2D eigenvalue weighted by molar-refractivity contribution is 0.0881. The molecule has 7 heteroatoms. The summed E-state index contributed by atoms with van der Waals surface area (Å²) < 4.78 is 25.7. The van der Waals surface area contributed by atoms with Crippen molar-refractivity contribution in [1.82, 2.24) is 14.6 Å². The molecule has 0 spiro atoms. The first kappa shape index (κ1) is 18.2. The summed E-state index contributed by atoms with van der Waals surface area (Å²) in [4.78, 5) is 6.73. The van der Waals surface area contributed by atoms with E-state index in [1.165, 1.54) is 38.9 Å². The molecule has 1 fully saturated rings. The number of hydrogen-bond donors (Lipinski definition) is 2. The Morgan fingerprint density at radius 2 is 2.13 bits per heavy atom. The molecule has 2 unspecified atom stereocenters. The first-order chi connectivity index (χ1) is 10.8. The maximum Gasteiger partial charge on any atom is 0.241 e. The molecule has 1 aliphatic carbocycles. The third-order valence-electron chi connectivity index (χ3n) is 4.93. The minimum absolute atomic E-state index is 0.134. The van der Waals surface area contributed by atoms with Gasteiger partial charge in [-0.05, 0) is 52.0 Å². The maximum absolute atomic E-state index is 11.7. The summed E-state index contributed by atoms with van der Waals surface area (Å²) in [5.74, 6) is 1.43. The molecule has 0 aromatic carbocycles. The van der Waals surface area contributed by atoms with E-state index in [0.717, 1.165) is 12.5 Å². The van der Waals surface area contributed by atoms with Crippen LogP contribution in [0.25, 0.3) is 0 Å². The van der Waals surface area contributed by atoms with Crippen LogP contribution < -0.4 is 10.0 Å². The van der Waals surface area contributed by atoms with Crippen LogP contribution in [0.3, 0.4) is 0 Å². The van der Waals surface area contributed by atoms with Crippen LogP contribution >= 0.6 is 0 Å². The van der Waals surface area contributed by atoms with Crippen molar-refractivity contribution in [1.29, 1.82) is 0 Å². The van der Waals surface area contributed by atoms with E-state index in [4.69, 9.17) is 0 Å². The number of hydrogen-bond acceptors (Lipinski definition) is 5. The molecule has 1 aromatic rings. The molecular weight excluding hydrogens is 312 g/mol. The van der Waals surface area contributed by atoms with Crippen LogP contribution in [-0.2, 0) is 10.0 Å². The van der Waals surface area contributed by atoms with E-state index in [9.17, 15) is 8.42 Å². The number of anilines is 1. The fourth-order valence-corrected chi connectivity index (χ4v) is 4.05. The SMILES string of the molecule is CNS(=O)(=O)c1ccc(NCC2(N(C)C)CCCC(C)C2)nc1. The zero-order valence-electron chi connectivity index (χ0n) is 14.5. The number of sulfonamides is 1. The second-order valence-electron chi connectivity index (χ2n) is 6.76. The van der Waals surface area contributed by atoms with Crippen LogP contribution in [0.5, 0.6) is 0 Å². The average Bonchev–Trinajstić information content (AvgIpc) is 2.53. The van der Waals surface area contributed by atoms with Gasteiger partial charge in [0.05, 0.1) is 0 Å². The van der Waals surface area contributed by atoms with Gasteiger partial charge >= 0.3 is 0 Å². The standard InChI is InChI=1S/C16H28N4O2S/c1-13-6-5-9-16(10-13,20(3)4)12-19-15-8-7-14(11-18-15)23(21,22)17-2/h7-8,11,13,17H,5-6,9-10,12H2,1-4H3,(H,18,19). The minimum atomic E-state index is -3.43. The molecular formula is C16H28N4O2S. The van der Waals surface area contributed by atoms with Gasteiger partial charge in [-0.3, -0.25) is 0 Å². The van der Waals surface area contributed by atoms with Crippen LogP contribution in [0.4, 0.5) is 5.82 Å². The molecule has 1 aromatic heterocycles. The molecule has 1 heterocycles. The van der Waals surface area contributed by atoms with E-state index >= 15 is 0 Å². The van der Waals surface area contributed by atoms with Crippen molar-refractivity contribution in [2.24, 2.45) is 5.92 Å². The number of rotatable bonds is 6. The van der Waals surface area contributed by atoms with E-state index in [-0.39, 0.29) is 10.4 Å². The Hall–Kier alpha value is -1.18. The molecule has 0 saturated heterocycles. The van der Waals surface area contributed by atoms with E-state index in [0.29, 0.717) is 5.82 Å². The minimum Gasteiger partial charge on any atom is -0.368 e. The smallest absolute Gasteiger partial charge is 0.241 e. The van der Waals surface area contributed by atoms with Gasteiger partial charge in [0.2, 0.25) is 10.0 Å². The van der Waals surface area contributed by atoms with Crippen LogP contribution in [0, 0.1) is 5.92 Å². The normalized spacial score (nSPS) is 25.5. The molecule has 23 heavy (non-hydrogen) atoms. The quantitative estimate of drug-likeness (QED) is 0.827. The summed E-state index contributed by atoms with van der Waals surface area (Å²) in [5.41, 5.74) is 0.134. The van der Waals surface area contributed by atoms with E-state index in [1.807, 2.05) is 0 Å². The van der Waals surface area contributed by atoms with Crippen molar-refractivity contribution in [3.63, 3.8) is 0 Å². The second-order valence-corrected chi connectivity index (χ2v) is 8.65. The van der Waals surface area contributed by atoms with Gasteiger partial charge < -0.3 is 10.2 Å². The van der Waals surface area contributed by atoms with E-state index in [2.05, 4.69) is 40.9 Å². The molecule has 0 bridgehead atoms. The van der Waals surface area contributed by atoms with Crippen molar-refractivity contribution in [2.45, 2.75) is 43.0 Å². The molecule has 2 N–H and O–H groups in total. The van der Waals surface area contributed by atoms with Gasteiger partial charge in [0, 0.05) is 18.3 Å². The second kappa shape index (κ2) is 7.15. The van der Waals surface area contributed by atoms with Crippen LogP contribution in [0.15, 0.2) is 23.2 Å². The molecule has 2 rings (SSSR count). The monoisotopic (exact) mass is 340 g/mol. The zero-order chi connectivity index (χ0) is 17.1. The number of likely N-dealkylation sites (N-methyl/N-ethyl adjacent to an activating group) is 1. The molecule has 1 aliphatic rings. The van der Waals surface area contributed by atoms with Crippen molar-refractivity contribution in [3.05, 3.63) is 18.3 Å². The molecule has 0 radical (unpaired) electrons. The fraction of sp³-hybridized carbons (Fsp3) is 0.688. The highest BCUT2D eigenvalue weighted by atomic mass is 32.2. The maximum atomic E-state index is 11.7. The van der Waals surface area contributed by atoms with Crippen molar-refractivity contribution in [2.75, 3.05) is 33.0 Å². The first-order valence-corrected chi connectivity index (χ1v) is 9.58. The molecule has 2 atom stereocenters. The fourth-order valence-electron chi connectivity index (χ4n) is 3.37. The largest absolute Gasteiger partial charge is 0.368 e.